The number of fused-ring (bicyclic) bond motifs is 9. The SMILES string of the molecule is Cn1c2nc3ccccc3n2c2ccccc2n2c3ccccc3nc12. The zero-order valence-corrected chi connectivity index (χ0v) is 14.2. The molecule has 0 saturated carbocycles. The van der Waals surface area contributed by atoms with Gasteiger partial charge < -0.3 is 0 Å². The number of nitrogens with zero attached hydrogens (tertiary/aromatic N) is 5. The van der Waals surface area contributed by atoms with E-state index < -0.39 is 0 Å². The number of hydrogen-bond donors (Lipinski definition) is 0. The predicted octanol–water partition coefficient (Wildman–Crippen LogP) is 4.34. The van der Waals surface area contributed by atoms with Crippen molar-refractivity contribution in [3.8, 4) is 0 Å². The van der Waals surface area contributed by atoms with Gasteiger partial charge in [0.15, 0.2) is 0 Å². The van der Waals surface area contributed by atoms with Crippen LogP contribution in [0.4, 0.5) is 0 Å². The Morgan fingerprint density at radius 1 is 0.538 bits per heavy atom. The van der Waals surface area contributed by atoms with Gasteiger partial charge in [-0.2, -0.15) is 0 Å². The first-order valence-corrected chi connectivity index (χ1v) is 8.61. The fourth-order valence-corrected chi connectivity index (χ4v) is 3.88. The molecule has 0 amide bonds. The lowest BCUT2D eigenvalue weighted by Crippen LogP contribution is -1.97. The highest BCUT2D eigenvalue weighted by atomic mass is 15.2. The minimum Gasteiger partial charge on any atom is -0.284 e. The molecule has 3 aromatic heterocycles. The maximum atomic E-state index is 4.90. The van der Waals surface area contributed by atoms with Crippen molar-refractivity contribution in [2.45, 2.75) is 0 Å². The van der Waals surface area contributed by atoms with Crippen LogP contribution in [-0.2, 0) is 7.05 Å². The Hall–Kier alpha value is -3.60. The van der Waals surface area contributed by atoms with E-state index in [1.165, 1.54) is 0 Å². The van der Waals surface area contributed by atoms with Gasteiger partial charge in [-0.15, -0.1) is 0 Å². The highest BCUT2D eigenvalue weighted by molar-refractivity contribution is 5.92. The molecule has 0 atom stereocenters. The summed E-state index contributed by atoms with van der Waals surface area (Å²) in [5, 5.41) is 0. The van der Waals surface area contributed by atoms with E-state index in [1.54, 1.807) is 0 Å². The van der Waals surface area contributed by atoms with Gasteiger partial charge in [0.2, 0.25) is 11.6 Å². The van der Waals surface area contributed by atoms with Crippen molar-refractivity contribution in [1.29, 1.82) is 0 Å². The molecule has 0 spiro atoms. The molecule has 0 bridgehead atoms. The maximum Gasteiger partial charge on any atom is 0.218 e. The van der Waals surface area contributed by atoms with Crippen LogP contribution in [0.25, 0.3) is 44.7 Å². The third kappa shape index (κ3) is 1.59. The minimum absolute atomic E-state index is 0.868. The molecular formula is C21H15N5. The van der Waals surface area contributed by atoms with E-state index in [0.29, 0.717) is 0 Å². The molecule has 0 radical (unpaired) electrons. The third-order valence-electron chi connectivity index (χ3n) is 5.05. The Morgan fingerprint density at radius 2 is 0.923 bits per heavy atom. The van der Waals surface area contributed by atoms with Gasteiger partial charge in [-0.05, 0) is 36.4 Å². The van der Waals surface area contributed by atoms with Crippen LogP contribution in [-0.4, -0.2) is 23.3 Å². The molecule has 124 valence electrons. The topological polar surface area (TPSA) is 39.5 Å². The number of aromatic nitrogens is 5. The van der Waals surface area contributed by atoms with Crippen molar-refractivity contribution < 1.29 is 0 Å². The highest BCUT2D eigenvalue weighted by Crippen LogP contribution is 2.26. The Morgan fingerprint density at radius 3 is 1.38 bits per heavy atom. The van der Waals surface area contributed by atoms with Gasteiger partial charge >= 0.3 is 0 Å². The molecule has 0 unspecified atom stereocenters. The molecular weight excluding hydrogens is 322 g/mol. The van der Waals surface area contributed by atoms with Crippen LogP contribution in [0.3, 0.4) is 0 Å². The lowest BCUT2D eigenvalue weighted by molar-refractivity contribution is 0.913. The second-order valence-electron chi connectivity index (χ2n) is 6.52. The Kier molecular flexibility index (Phi) is 2.48. The molecule has 5 nitrogen and oxygen atoms in total. The summed E-state index contributed by atoms with van der Waals surface area (Å²) in [6, 6.07) is 24.9. The second kappa shape index (κ2) is 4.73. The van der Waals surface area contributed by atoms with Gasteiger partial charge in [-0.1, -0.05) is 36.4 Å². The quantitative estimate of drug-likeness (QED) is 0.413. The van der Waals surface area contributed by atoms with E-state index in [0.717, 1.165) is 44.7 Å². The highest BCUT2D eigenvalue weighted by Gasteiger charge is 2.14. The standard InChI is InChI=1S/C21H15N5/c1-24-20-22-14-8-2-4-10-16(14)25(20)18-12-6-7-13-19(18)26-17-11-5-3-9-15(17)23-21(24)26/h2-13H,1H3. The lowest BCUT2D eigenvalue weighted by atomic mass is 10.2. The predicted molar refractivity (Wildman–Crippen MR) is 104 cm³/mol. The van der Waals surface area contributed by atoms with Crippen molar-refractivity contribution in [1.82, 2.24) is 23.3 Å². The average Bonchev–Trinajstić information content (AvgIpc) is 3.23. The van der Waals surface area contributed by atoms with E-state index in [4.69, 9.17) is 9.97 Å². The van der Waals surface area contributed by atoms with Crippen molar-refractivity contribution in [3.05, 3.63) is 72.8 Å². The van der Waals surface area contributed by atoms with Crippen LogP contribution in [0.2, 0.25) is 0 Å². The van der Waals surface area contributed by atoms with Gasteiger partial charge in [0, 0.05) is 7.05 Å². The van der Waals surface area contributed by atoms with Crippen molar-refractivity contribution in [2.24, 2.45) is 7.05 Å². The fourth-order valence-electron chi connectivity index (χ4n) is 3.88. The van der Waals surface area contributed by atoms with Crippen LogP contribution in [0.5, 0.6) is 0 Å². The maximum absolute atomic E-state index is 4.90. The molecule has 5 heteroatoms. The molecule has 0 N–H and O–H groups in total. The molecule has 3 aromatic carbocycles. The van der Waals surface area contributed by atoms with Crippen LogP contribution in [0.15, 0.2) is 72.8 Å². The molecule has 6 rings (SSSR count). The number of benzene rings is 3. The van der Waals surface area contributed by atoms with Gasteiger partial charge in [0.25, 0.3) is 0 Å². The number of aryl methyl sites for hydroxylation is 1. The Bertz CT molecular complexity index is 1380. The summed E-state index contributed by atoms with van der Waals surface area (Å²) in [4.78, 5) is 9.80. The molecule has 0 fully saturated rings. The van der Waals surface area contributed by atoms with Crippen molar-refractivity contribution in [2.75, 3.05) is 0 Å². The molecule has 6 aromatic rings. The van der Waals surface area contributed by atoms with E-state index in [2.05, 4.69) is 74.0 Å². The zero-order valence-electron chi connectivity index (χ0n) is 14.2. The van der Waals surface area contributed by atoms with Crippen LogP contribution < -0.4 is 0 Å². The molecule has 0 aliphatic carbocycles. The monoisotopic (exact) mass is 337 g/mol. The first-order chi connectivity index (χ1) is 12.8. The normalized spacial score (nSPS) is 12.0. The lowest BCUT2D eigenvalue weighted by Gasteiger charge is -2.00. The van der Waals surface area contributed by atoms with Gasteiger partial charge in [-0.3, -0.25) is 13.4 Å². The summed E-state index contributed by atoms with van der Waals surface area (Å²) in [6.45, 7) is 0. The molecule has 0 saturated heterocycles. The summed E-state index contributed by atoms with van der Waals surface area (Å²) in [5.74, 6) is 1.74. The van der Waals surface area contributed by atoms with Crippen molar-refractivity contribution in [3.63, 3.8) is 0 Å². The van der Waals surface area contributed by atoms with Crippen LogP contribution in [0.1, 0.15) is 0 Å². The van der Waals surface area contributed by atoms with E-state index >= 15 is 0 Å². The van der Waals surface area contributed by atoms with E-state index in [9.17, 15) is 0 Å². The van der Waals surface area contributed by atoms with Crippen LogP contribution in [0, 0.1) is 0 Å². The molecule has 0 aliphatic heterocycles. The number of para-hydroxylation sites is 6. The summed E-state index contributed by atoms with van der Waals surface area (Å²) >= 11 is 0. The largest absolute Gasteiger partial charge is 0.284 e. The first-order valence-electron chi connectivity index (χ1n) is 8.61. The smallest absolute Gasteiger partial charge is 0.218 e. The van der Waals surface area contributed by atoms with Crippen molar-refractivity contribution >= 4 is 44.7 Å². The summed E-state index contributed by atoms with van der Waals surface area (Å²) in [5.41, 5.74) is 6.35. The number of imidazole rings is 2. The van der Waals surface area contributed by atoms with Gasteiger partial charge in [0.1, 0.15) is 0 Å². The third-order valence-corrected chi connectivity index (χ3v) is 5.05. The summed E-state index contributed by atoms with van der Waals surface area (Å²) in [7, 11) is 2.03. The molecule has 0 aliphatic rings. The van der Waals surface area contributed by atoms with Crippen LogP contribution >= 0.6 is 0 Å². The number of rotatable bonds is 0. The number of hydrogen-bond acceptors (Lipinski definition) is 2. The van der Waals surface area contributed by atoms with Gasteiger partial charge in [0.05, 0.1) is 33.1 Å². The van der Waals surface area contributed by atoms with E-state index in [-0.39, 0.29) is 0 Å². The summed E-state index contributed by atoms with van der Waals surface area (Å²) in [6.07, 6.45) is 0. The minimum atomic E-state index is 0.868. The van der Waals surface area contributed by atoms with Gasteiger partial charge in [-0.25, -0.2) is 9.97 Å². The summed E-state index contributed by atoms with van der Waals surface area (Å²) < 4.78 is 6.50. The second-order valence-corrected chi connectivity index (χ2v) is 6.52. The first kappa shape index (κ1) is 13.7. The molecule has 3 heterocycles. The fraction of sp³-hybridized carbons (Fsp3) is 0.0476. The average molecular weight is 337 g/mol. The zero-order chi connectivity index (χ0) is 17.3. The molecule has 26 heavy (non-hydrogen) atoms. The van der Waals surface area contributed by atoms with E-state index in [1.807, 2.05) is 19.2 Å². The Labute approximate surface area is 148 Å². The Balaban J connectivity index is 2.07.